The number of rotatable bonds is 3. The van der Waals surface area contributed by atoms with Crippen molar-refractivity contribution in [3.05, 3.63) is 65.0 Å². The van der Waals surface area contributed by atoms with Gasteiger partial charge >= 0.3 is 0 Å². The Hall–Kier alpha value is -2.60. The lowest BCUT2D eigenvalue weighted by Crippen LogP contribution is -2.19. The standard InChI is InChI=1S/C20H19FN2/c1-15-11-20(23-9-5-6-10-23)19(21)13-17(15)12-18(14-22)16-7-3-2-4-8-16/h2-4,7-8,11-13H,5-6,9-10H2,1H3. The number of benzene rings is 2. The molecular formula is C20H19FN2. The van der Waals surface area contributed by atoms with E-state index in [2.05, 4.69) is 11.0 Å². The molecule has 0 saturated carbocycles. The van der Waals surface area contributed by atoms with Gasteiger partial charge < -0.3 is 4.90 Å². The lowest BCUT2D eigenvalue weighted by molar-refractivity contribution is 0.622. The van der Waals surface area contributed by atoms with Crippen LogP contribution in [0.25, 0.3) is 11.6 Å². The molecule has 23 heavy (non-hydrogen) atoms. The Kier molecular flexibility index (Phi) is 4.43. The first kappa shape index (κ1) is 15.3. The first-order chi connectivity index (χ1) is 11.2. The summed E-state index contributed by atoms with van der Waals surface area (Å²) in [4.78, 5) is 2.10. The lowest BCUT2D eigenvalue weighted by atomic mass is 10.0. The summed E-state index contributed by atoms with van der Waals surface area (Å²) in [5, 5.41) is 9.41. The van der Waals surface area contributed by atoms with E-state index in [4.69, 9.17) is 0 Å². The lowest BCUT2D eigenvalue weighted by Gasteiger charge is -2.19. The Morgan fingerprint density at radius 1 is 1.17 bits per heavy atom. The highest BCUT2D eigenvalue weighted by atomic mass is 19.1. The molecule has 1 heterocycles. The number of hydrogen-bond acceptors (Lipinski definition) is 2. The van der Waals surface area contributed by atoms with Gasteiger partial charge in [0.15, 0.2) is 0 Å². The summed E-state index contributed by atoms with van der Waals surface area (Å²) in [5.41, 5.74) is 3.80. The highest BCUT2D eigenvalue weighted by molar-refractivity contribution is 5.90. The number of aryl methyl sites for hydroxylation is 1. The van der Waals surface area contributed by atoms with Crippen LogP contribution in [-0.4, -0.2) is 13.1 Å². The van der Waals surface area contributed by atoms with Crippen molar-refractivity contribution in [1.29, 1.82) is 5.26 Å². The van der Waals surface area contributed by atoms with E-state index in [1.807, 2.05) is 43.3 Å². The normalized spacial score (nSPS) is 14.8. The molecule has 116 valence electrons. The molecule has 1 fully saturated rings. The number of anilines is 1. The van der Waals surface area contributed by atoms with Crippen LogP contribution in [-0.2, 0) is 0 Å². The number of halogens is 1. The van der Waals surface area contributed by atoms with Crippen molar-refractivity contribution in [3.63, 3.8) is 0 Å². The van der Waals surface area contributed by atoms with Gasteiger partial charge in [-0.15, -0.1) is 0 Å². The highest BCUT2D eigenvalue weighted by Gasteiger charge is 2.17. The molecule has 2 nitrogen and oxygen atoms in total. The van der Waals surface area contributed by atoms with E-state index in [1.165, 1.54) is 0 Å². The van der Waals surface area contributed by atoms with Gasteiger partial charge in [-0.05, 0) is 54.7 Å². The molecule has 1 saturated heterocycles. The average Bonchev–Trinajstić information content (AvgIpc) is 3.10. The molecule has 1 aliphatic heterocycles. The maximum absolute atomic E-state index is 14.5. The van der Waals surface area contributed by atoms with Gasteiger partial charge in [-0.2, -0.15) is 5.26 Å². The van der Waals surface area contributed by atoms with Crippen LogP contribution in [0.15, 0.2) is 42.5 Å². The van der Waals surface area contributed by atoms with Crippen LogP contribution in [0.3, 0.4) is 0 Å². The van der Waals surface area contributed by atoms with Crippen molar-refractivity contribution in [3.8, 4) is 6.07 Å². The second-order valence-corrected chi connectivity index (χ2v) is 5.89. The van der Waals surface area contributed by atoms with Crippen molar-refractivity contribution in [1.82, 2.24) is 0 Å². The molecule has 2 aromatic carbocycles. The molecule has 0 unspecified atom stereocenters. The van der Waals surface area contributed by atoms with Crippen LogP contribution in [0.2, 0.25) is 0 Å². The van der Waals surface area contributed by atoms with Crippen molar-refractivity contribution in [2.75, 3.05) is 18.0 Å². The van der Waals surface area contributed by atoms with E-state index in [9.17, 15) is 9.65 Å². The number of nitrogens with zero attached hydrogens (tertiary/aromatic N) is 2. The Bertz CT molecular complexity index is 766. The molecule has 1 aliphatic rings. The first-order valence-corrected chi connectivity index (χ1v) is 7.91. The summed E-state index contributed by atoms with van der Waals surface area (Å²) in [5.74, 6) is -0.214. The van der Waals surface area contributed by atoms with Crippen molar-refractivity contribution in [2.24, 2.45) is 0 Å². The van der Waals surface area contributed by atoms with E-state index in [-0.39, 0.29) is 5.82 Å². The van der Waals surface area contributed by atoms with Crippen molar-refractivity contribution < 1.29 is 4.39 Å². The predicted octanol–water partition coefficient (Wildman–Crippen LogP) is 4.80. The maximum atomic E-state index is 14.5. The quantitative estimate of drug-likeness (QED) is 0.601. The molecule has 0 bridgehead atoms. The van der Waals surface area contributed by atoms with E-state index in [0.29, 0.717) is 11.3 Å². The Morgan fingerprint density at radius 3 is 2.52 bits per heavy atom. The molecule has 0 aromatic heterocycles. The van der Waals surface area contributed by atoms with Crippen LogP contribution < -0.4 is 4.90 Å². The molecule has 2 aromatic rings. The first-order valence-electron chi connectivity index (χ1n) is 7.91. The number of allylic oxidation sites excluding steroid dienone is 1. The van der Waals surface area contributed by atoms with Gasteiger partial charge in [0.05, 0.1) is 17.3 Å². The minimum atomic E-state index is -0.214. The molecule has 3 rings (SSSR count). The Morgan fingerprint density at radius 2 is 1.87 bits per heavy atom. The highest BCUT2D eigenvalue weighted by Crippen LogP contribution is 2.28. The molecular weight excluding hydrogens is 287 g/mol. The summed E-state index contributed by atoms with van der Waals surface area (Å²) < 4.78 is 14.5. The summed E-state index contributed by atoms with van der Waals surface area (Å²) in [6.45, 7) is 3.79. The molecule has 0 amide bonds. The van der Waals surface area contributed by atoms with Crippen LogP contribution in [0.1, 0.15) is 29.5 Å². The van der Waals surface area contributed by atoms with Gasteiger partial charge in [-0.1, -0.05) is 30.3 Å². The molecule has 0 atom stereocenters. The third-order valence-corrected chi connectivity index (χ3v) is 4.29. The summed E-state index contributed by atoms with van der Waals surface area (Å²) in [7, 11) is 0. The zero-order chi connectivity index (χ0) is 16.2. The SMILES string of the molecule is Cc1cc(N2CCCC2)c(F)cc1C=C(C#N)c1ccccc1. The summed E-state index contributed by atoms with van der Waals surface area (Å²) in [6, 6.07) is 15.1. The van der Waals surface area contributed by atoms with E-state index in [0.717, 1.165) is 42.6 Å². The molecule has 0 N–H and O–H groups in total. The van der Waals surface area contributed by atoms with Gasteiger partial charge in [0.1, 0.15) is 5.82 Å². The van der Waals surface area contributed by atoms with E-state index < -0.39 is 0 Å². The zero-order valence-electron chi connectivity index (χ0n) is 13.2. The second kappa shape index (κ2) is 6.66. The number of nitriles is 1. The smallest absolute Gasteiger partial charge is 0.147 e. The van der Waals surface area contributed by atoms with E-state index in [1.54, 1.807) is 12.1 Å². The van der Waals surface area contributed by atoms with Crippen molar-refractivity contribution in [2.45, 2.75) is 19.8 Å². The van der Waals surface area contributed by atoms with Crippen molar-refractivity contribution >= 4 is 17.3 Å². The monoisotopic (exact) mass is 306 g/mol. The van der Waals surface area contributed by atoms with Crippen LogP contribution >= 0.6 is 0 Å². The fourth-order valence-electron chi connectivity index (χ4n) is 2.99. The third-order valence-electron chi connectivity index (χ3n) is 4.29. The molecule has 0 aliphatic carbocycles. The largest absolute Gasteiger partial charge is 0.369 e. The topological polar surface area (TPSA) is 27.0 Å². The maximum Gasteiger partial charge on any atom is 0.147 e. The fourth-order valence-corrected chi connectivity index (χ4v) is 2.99. The second-order valence-electron chi connectivity index (χ2n) is 5.89. The number of hydrogen-bond donors (Lipinski definition) is 0. The van der Waals surface area contributed by atoms with Crippen LogP contribution in [0.4, 0.5) is 10.1 Å². The minimum absolute atomic E-state index is 0.214. The fraction of sp³-hybridized carbons (Fsp3) is 0.250. The Labute approximate surface area is 136 Å². The molecule has 0 spiro atoms. The van der Waals surface area contributed by atoms with Crippen LogP contribution in [0, 0.1) is 24.1 Å². The van der Waals surface area contributed by atoms with Gasteiger partial charge in [0, 0.05) is 13.1 Å². The zero-order valence-corrected chi connectivity index (χ0v) is 13.2. The third kappa shape index (κ3) is 3.27. The minimum Gasteiger partial charge on any atom is -0.369 e. The van der Waals surface area contributed by atoms with Gasteiger partial charge in [0.2, 0.25) is 0 Å². The summed E-state index contributed by atoms with van der Waals surface area (Å²) >= 11 is 0. The van der Waals surface area contributed by atoms with Gasteiger partial charge in [0.25, 0.3) is 0 Å². The average molecular weight is 306 g/mol. The predicted molar refractivity (Wildman–Crippen MR) is 92.5 cm³/mol. The van der Waals surface area contributed by atoms with Gasteiger partial charge in [-0.25, -0.2) is 4.39 Å². The van der Waals surface area contributed by atoms with Crippen LogP contribution in [0.5, 0.6) is 0 Å². The summed E-state index contributed by atoms with van der Waals surface area (Å²) in [6.07, 6.45) is 4.00. The van der Waals surface area contributed by atoms with Gasteiger partial charge in [-0.3, -0.25) is 0 Å². The molecule has 0 radical (unpaired) electrons. The Balaban J connectivity index is 1.98. The van der Waals surface area contributed by atoms with E-state index >= 15 is 0 Å². The molecule has 3 heteroatoms.